The first-order valence-electron chi connectivity index (χ1n) is 12.9. The molecule has 14 heteroatoms. The van der Waals surface area contributed by atoms with Gasteiger partial charge in [-0.25, -0.2) is 23.4 Å². The second-order valence-corrected chi connectivity index (χ2v) is 10.0. The molecule has 5 rings (SSSR count). The number of carbonyl (C=O) groups excluding carboxylic acids is 3. The number of rotatable bonds is 5. The van der Waals surface area contributed by atoms with E-state index in [1.807, 2.05) is 0 Å². The van der Waals surface area contributed by atoms with Crippen LogP contribution in [0, 0.1) is 18.6 Å². The number of carbonyl (C=O) groups is 3. The number of piperidine rings is 2. The molecule has 1 aromatic carbocycles. The first-order valence-corrected chi connectivity index (χ1v) is 12.9. The number of imidazole rings is 1. The Labute approximate surface area is 230 Å². The Bertz CT molecular complexity index is 1470. The number of aryl methyl sites for hydroxylation is 1. The zero-order valence-electron chi connectivity index (χ0n) is 21.7. The molecule has 0 spiro atoms. The van der Waals surface area contributed by atoms with Crippen molar-refractivity contribution in [1.82, 2.24) is 19.6 Å². The Balaban J connectivity index is 1.30. The minimum Gasteiger partial charge on any atom is -0.485 e. The molecule has 2 aliphatic rings. The van der Waals surface area contributed by atoms with Gasteiger partial charge in [0.25, 0.3) is 5.91 Å². The van der Waals surface area contributed by atoms with Crippen molar-refractivity contribution in [3.63, 3.8) is 0 Å². The van der Waals surface area contributed by atoms with Gasteiger partial charge >= 0.3 is 18.2 Å². The number of benzene rings is 1. The van der Waals surface area contributed by atoms with Crippen LogP contribution in [-0.2, 0) is 16.1 Å². The van der Waals surface area contributed by atoms with Crippen LogP contribution in [0.5, 0.6) is 5.75 Å². The van der Waals surface area contributed by atoms with Gasteiger partial charge in [0, 0.05) is 24.3 Å². The monoisotopic (exact) mass is 580 g/mol. The number of alkyl halides is 3. The molecular weight excluding hydrogens is 555 g/mol. The Morgan fingerprint density at radius 1 is 1.05 bits per heavy atom. The zero-order chi connectivity index (χ0) is 29.5. The lowest BCUT2D eigenvalue weighted by atomic mass is 9.82. The van der Waals surface area contributed by atoms with Crippen molar-refractivity contribution in [1.29, 1.82) is 0 Å². The fourth-order valence-electron chi connectivity index (χ4n) is 5.60. The molecule has 2 saturated heterocycles. The number of aromatic nitrogens is 2. The second kappa shape index (κ2) is 11.0. The summed E-state index contributed by atoms with van der Waals surface area (Å²) in [5, 5.41) is 2.93. The van der Waals surface area contributed by atoms with Crippen molar-refractivity contribution < 1.29 is 45.8 Å². The standard InChI is InChI=1S/C27H25F5N4O5/c1-14-22(35-10-4-9-21(23(35)33-14)40-13-18-19(28)7-3-8-20(18)29)24(37)34-15-11-16-5-2-6-17(12-15)36(16)26(39)41-25(38)27(30,31)32/h3-4,7-10,15-17H,2,5-6,11-13H2,1H3,(H,34,37). The Kier molecular flexibility index (Phi) is 7.58. The Hall–Kier alpha value is -4.23. The number of ether oxygens (including phenoxy) is 2. The van der Waals surface area contributed by atoms with Gasteiger partial charge < -0.3 is 19.7 Å². The van der Waals surface area contributed by atoms with Crippen LogP contribution in [0.15, 0.2) is 36.5 Å². The summed E-state index contributed by atoms with van der Waals surface area (Å²) < 4.78 is 77.1. The van der Waals surface area contributed by atoms with E-state index in [2.05, 4.69) is 15.0 Å². The van der Waals surface area contributed by atoms with Crippen molar-refractivity contribution in [3.05, 3.63) is 65.1 Å². The maximum Gasteiger partial charge on any atom is 0.491 e. The lowest BCUT2D eigenvalue weighted by Gasteiger charge is -2.47. The van der Waals surface area contributed by atoms with Crippen molar-refractivity contribution in [2.24, 2.45) is 0 Å². The van der Waals surface area contributed by atoms with Gasteiger partial charge in [-0.05, 0) is 63.3 Å². The van der Waals surface area contributed by atoms with E-state index in [9.17, 15) is 36.3 Å². The number of hydrogen-bond acceptors (Lipinski definition) is 6. The predicted molar refractivity (Wildman–Crippen MR) is 132 cm³/mol. The van der Waals surface area contributed by atoms with Gasteiger partial charge in [-0.1, -0.05) is 6.07 Å². The number of pyridine rings is 1. The van der Waals surface area contributed by atoms with Crippen LogP contribution in [0.25, 0.3) is 5.65 Å². The lowest BCUT2D eigenvalue weighted by Crippen LogP contribution is -2.59. The molecule has 1 N–H and O–H groups in total. The quantitative estimate of drug-likeness (QED) is 0.263. The minimum atomic E-state index is -5.29. The molecule has 2 bridgehead atoms. The molecule has 0 radical (unpaired) electrons. The number of nitrogens with one attached hydrogen (secondary N) is 1. The molecule has 2 aromatic heterocycles. The van der Waals surface area contributed by atoms with Crippen molar-refractivity contribution >= 4 is 23.6 Å². The van der Waals surface area contributed by atoms with Gasteiger partial charge in [0.05, 0.1) is 11.3 Å². The highest BCUT2D eigenvalue weighted by molar-refractivity contribution is 5.95. The first kappa shape index (κ1) is 28.3. The SMILES string of the molecule is Cc1nc2c(OCc3c(F)cccc3F)cccn2c1C(=O)NC1CC2CCCC(C1)N2C(=O)OC(=O)C(F)(F)F. The zero-order valence-corrected chi connectivity index (χ0v) is 21.7. The highest BCUT2D eigenvalue weighted by Crippen LogP contribution is 2.35. The molecule has 9 nitrogen and oxygen atoms in total. The highest BCUT2D eigenvalue weighted by Gasteiger charge is 2.47. The summed E-state index contributed by atoms with van der Waals surface area (Å²) in [7, 11) is 0. The molecule has 41 heavy (non-hydrogen) atoms. The van der Waals surface area contributed by atoms with E-state index in [4.69, 9.17) is 4.74 Å². The van der Waals surface area contributed by atoms with Crippen LogP contribution < -0.4 is 10.1 Å². The van der Waals surface area contributed by atoms with Gasteiger partial charge in [-0.15, -0.1) is 0 Å². The van der Waals surface area contributed by atoms with E-state index in [0.29, 0.717) is 18.5 Å². The molecule has 2 atom stereocenters. The molecule has 2 fully saturated rings. The van der Waals surface area contributed by atoms with E-state index in [-0.39, 0.29) is 35.5 Å². The Morgan fingerprint density at radius 2 is 1.71 bits per heavy atom. The number of halogens is 5. The smallest absolute Gasteiger partial charge is 0.485 e. The second-order valence-electron chi connectivity index (χ2n) is 10.0. The summed E-state index contributed by atoms with van der Waals surface area (Å²) in [4.78, 5) is 42.6. The largest absolute Gasteiger partial charge is 0.491 e. The summed E-state index contributed by atoms with van der Waals surface area (Å²) in [6, 6.07) is 5.20. The highest BCUT2D eigenvalue weighted by atomic mass is 19.4. The third-order valence-corrected chi connectivity index (χ3v) is 7.37. The van der Waals surface area contributed by atoms with E-state index in [1.165, 1.54) is 15.4 Å². The third kappa shape index (κ3) is 5.68. The van der Waals surface area contributed by atoms with Crippen LogP contribution in [0.3, 0.4) is 0 Å². The third-order valence-electron chi connectivity index (χ3n) is 7.37. The van der Waals surface area contributed by atoms with Gasteiger partial charge in [-0.2, -0.15) is 13.2 Å². The lowest BCUT2D eigenvalue weighted by molar-refractivity contribution is -0.194. The molecule has 218 valence electrons. The fourth-order valence-corrected chi connectivity index (χ4v) is 5.60. The van der Waals surface area contributed by atoms with Crippen LogP contribution >= 0.6 is 0 Å². The Morgan fingerprint density at radius 3 is 2.34 bits per heavy atom. The maximum absolute atomic E-state index is 14.0. The molecule has 3 aromatic rings. The number of amides is 2. The molecule has 2 amide bonds. The number of fused-ring (bicyclic) bond motifs is 3. The van der Waals surface area contributed by atoms with Gasteiger partial charge in [0.1, 0.15) is 23.9 Å². The van der Waals surface area contributed by atoms with Gasteiger partial charge in [0.2, 0.25) is 0 Å². The van der Waals surface area contributed by atoms with E-state index < -0.39 is 60.5 Å². The first-order chi connectivity index (χ1) is 19.4. The van der Waals surface area contributed by atoms with Gasteiger partial charge in [-0.3, -0.25) is 9.20 Å². The molecule has 2 unspecified atom stereocenters. The fraction of sp³-hybridized carbons (Fsp3) is 0.407. The molecule has 0 aliphatic carbocycles. The van der Waals surface area contributed by atoms with E-state index >= 15 is 0 Å². The topological polar surface area (TPSA) is 102 Å². The summed E-state index contributed by atoms with van der Waals surface area (Å²) in [6.45, 7) is 1.22. The number of esters is 1. The molecule has 0 saturated carbocycles. The maximum atomic E-state index is 14.0. The summed E-state index contributed by atoms with van der Waals surface area (Å²) in [6.07, 6.45) is -2.82. The number of nitrogens with zero attached hydrogens (tertiary/aromatic N) is 3. The molecular formula is C27H25F5N4O5. The van der Waals surface area contributed by atoms with Crippen LogP contribution in [0.4, 0.5) is 26.7 Å². The van der Waals surface area contributed by atoms with Crippen molar-refractivity contribution in [3.8, 4) is 5.75 Å². The molecule has 4 heterocycles. The average Bonchev–Trinajstić information content (AvgIpc) is 3.23. The van der Waals surface area contributed by atoms with Crippen molar-refractivity contribution in [2.75, 3.05) is 0 Å². The van der Waals surface area contributed by atoms with Crippen molar-refractivity contribution in [2.45, 2.75) is 69.9 Å². The van der Waals surface area contributed by atoms with Gasteiger partial charge in [0.15, 0.2) is 11.4 Å². The summed E-state index contributed by atoms with van der Waals surface area (Å²) in [5.41, 5.74) is 0.572. The van der Waals surface area contributed by atoms with E-state index in [0.717, 1.165) is 18.6 Å². The summed E-state index contributed by atoms with van der Waals surface area (Å²) in [5.74, 6) is -4.35. The average molecular weight is 581 g/mol. The van der Waals surface area contributed by atoms with Crippen LogP contribution in [-0.4, -0.2) is 56.6 Å². The van der Waals surface area contributed by atoms with E-state index in [1.54, 1.807) is 25.3 Å². The van der Waals surface area contributed by atoms with Crippen LogP contribution in [0.2, 0.25) is 0 Å². The van der Waals surface area contributed by atoms with Crippen LogP contribution in [0.1, 0.15) is 53.8 Å². The molecule has 2 aliphatic heterocycles. The normalized spacial score (nSPS) is 20.5. The predicted octanol–water partition coefficient (Wildman–Crippen LogP) is 4.84. The number of hydrogen-bond donors (Lipinski definition) is 1. The minimum absolute atomic E-state index is 0.199. The summed E-state index contributed by atoms with van der Waals surface area (Å²) >= 11 is 0.